The number of pyridine rings is 2. The predicted octanol–water partition coefficient (Wildman–Crippen LogP) is 6.35. The fourth-order valence-electron chi connectivity index (χ4n) is 4.57. The van der Waals surface area contributed by atoms with Crippen LogP contribution < -0.4 is 14.2 Å². The number of sulfonamides is 1. The number of hydrogen-bond acceptors (Lipinski definition) is 7. The van der Waals surface area contributed by atoms with Gasteiger partial charge in [-0.3, -0.25) is 9.71 Å². The van der Waals surface area contributed by atoms with E-state index in [2.05, 4.69) is 26.6 Å². The molecule has 11 heteroatoms. The number of nitrogens with zero attached hydrogens (tertiary/aromatic N) is 3. The van der Waals surface area contributed by atoms with Crippen LogP contribution >= 0.6 is 23.2 Å². The number of likely N-dealkylation sites (tertiary alicyclic amines) is 1. The summed E-state index contributed by atoms with van der Waals surface area (Å²) in [6.45, 7) is 4.51. The summed E-state index contributed by atoms with van der Waals surface area (Å²) in [7, 11) is -1.88. The largest absolute Gasteiger partial charge is 0.492 e. The number of piperidine rings is 1. The lowest BCUT2D eigenvalue weighted by molar-refractivity contribution is 0.160. The van der Waals surface area contributed by atoms with Crippen molar-refractivity contribution in [1.29, 1.82) is 0 Å². The molecule has 1 fully saturated rings. The van der Waals surface area contributed by atoms with Crippen molar-refractivity contribution in [2.24, 2.45) is 5.92 Å². The van der Waals surface area contributed by atoms with E-state index in [1.165, 1.54) is 6.07 Å². The highest BCUT2D eigenvalue weighted by molar-refractivity contribution is 7.92. The summed E-state index contributed by atoms with van der Waals surface area (Å²) in [5.41, 5.74) is 2.34. The molecule has 0 amide bonds. The zero-order valence-corrected chi connectivity index (χ0v) is 24.6. The molecule has 1 aliphatic heterocycles. The minimum Gasteiger partial charge on any atom is -0.492 e. The average molecular weight is 602 g/mol. The Morgan fingerprint density at radius 3 is 2.58 bits per heavy atom. The van der Waals surface area contributed by atoms with E-state index in [1.54, 1.807) is 49.5 Å². The Morgan fingerprint density at radius 1 is 0.975 bits per heavy atom. The van der Waals surface area contributed by atoms with E-state index in [0.717, 1.165) is 31.5 Å². The zero-order chi connectivity index (χ0) is 28.3. The second kappa shape index (κ2) is 12.2. The van der Waals surface area contributed by atoms with Crippen LogP contribution in [0.5, 0.6) is 11.5 Å². The molecule has 0 bridgehead atoms. The van der Waals surface area contributed by atoms with Crippen LogP contribution in [0.3, 0.4) is 0 Å². The predicted molar refractivity (Wildman–Crippen MR) is 158 cm³/mol. The van der Waals surface area contributed by atoms with Gasteiger partial charge in [0.05, 0.1) is 27.6 Å². The standard InChI is InChI=1S/C29H30Cl2N4O4S/c1-19-22(30)5-3-7-28(19)40(36,37)34-29-27(16-25-24(33-29)6-4-12-32-25)39-18-21-8-9-23(31)26(15-21)38-17-20-10-13-35(2)14-11-20/h3-9,12,15-16,20H,10-11,13-14,17-18H2,1-2H3,(H,33,34). The van der Waals surface area contributed by atoms with Gasteiger partial charge in [-0.05, 0) is 93.3 Å². The highest BCUT2D eigenvalue weighted by Gasteiger charge is 2.22. The molecule has 210 valence electrons. The summed E-state index contributed by atoms with van der Waals surface area (Å²) in [5, 5.41) is 0.880. The number of benzene rings is 2. The maximum absolute atomic E-state index is 13.3. The van der Waals surface area contributed by atoms with E-state index in [4.69, 9.17) is 32.7 Å². The molecule has 0 radical (unpaired) electrons. The lowest BCUT2D eigenvalue weighted by Gasteiger charge is -2.28. The number of rotatable bonds is 9. The van der Waals surface area contributed by atoms with Crippen LogP contribution in [0, 0.1) is 12.8 Å². The van der Waals surface area contributed by atoms with Crippen LogP contribution in [0.4, 0.5) is 5.82 Å². The first-order chi connectivity index (χ1) is 19.2. The third kappa shape index (κ3) is 6.61. The minimum atomic E-state index is -4.01. The smallest absolute Gasteiger partial charge is 0.263 e. The second-order valence-corrected chi connectivity index (χ2v) is 12.4. The molecular formula is C29H30Cl2N4O4S. The van der Waals surface area contributed by atoms with Crippen molar-refractivity contribution >= 4 is 50.1 Å². The summed E-state index contributed by atoms with van der Waals surface area (Å²) in [4.78, 5) is 11.2. The summed E-state index contributed by atoms with van der Waals surface area (Å²) < 4.78 is 41.4. The number of aromatic nitrogens is 2. The SMILES string of the molecule is Cc1c(Cl)cccc1S(=O)(=O)Nc1nc2cccnc2cc1OCc1ccc(Cl)c(OCC2CCN(C)CC2)c1. The van der Waals surface area contributed by atoms with Crippen LogP contribution in [0.25, 0.3) is 11.0 Å². The Balaban J connectivity index is 1.37. The summed E-state index contributed by atoms with van der Waals surface area (Å²) in [5.74, 6) is 1.37. The molecule has 1 N–H and O–H groups in total. The topological polar surface area (TPSA) is 93.7 Å². The molecule has 2 aromatic carbocycles. The quantitative estimate of drug-likeness (QED) is 0.239. The number of halogens is 2. The van der Waals surface area contributed by atoms with E-state index in [-0.39, 0.29) is 23.1 Å². The summed E-state index contributed by atoms with van der Waals surface area (Å²) >= 11 is 12.6. The van der Waals surface area contributed by atoms with E-state index >= 15 is 0 Å². The minimum absolute atomic E-state index is 0.0487. The Kier molecular flexibility index (Phi) is 8.65. The molecule has 0 aliphatic carbocycles. The van der Waals surface area contributed by atoms with Gasteiger partial charge < -0.3 is 14.4 Å². The van der Waals surface area contributed by atoms with Gasteiger partial charge in [0.15, 0.2) is 11.6 Å². The molecule has 5 rings (SSSR count). The van der Waals surface area contributed by atoms with Gasteiger partial charge in [0.25, 0.3) is 10.0 Å². The Morgan fingerprint density at radius 2 is 1.77 bits per heavy atom. The fourth-order valence-corrected chi connectivity index (χ4v) is 6.26. The fraction of sp³-hybridized carbons (Fsp3) is 0.310. The number of anilines is 1. The van der Waals surface area contributed by atoms with Gasteiger partial charge in [0.2, 0.25) is 0 Å². The van der Waals surface area contributed by atoms with Crippen LogP contribution in [-0.2, 0) is 16.6 Å². The maximum Gasteiger partial charge on any atom is 0.263 e. The van der Waals surface area contributed by atoms with Gasteiger partial charge in [-0.2, -0.15) is 0 Å². The Labute approximate surface area is 244 Å². The Hall–Kier alpha value is -3.11. The molecule has 0 atom stereocenters. The molecule has 4 aromatic rings. The molecule has 0 spiro atoms. The second-order valence-electron chi connectivity index (χ2n) is 9.96. The van der Waals surface area contributed by atoms with Crippen LogP contribution in [0.1, 0.15) is 24.0 Å². The maximum atomic E-state index is 13.3. The molecular weight excluding hydrogens is 571 g/mol. The number of ether oxygens (including phenoxy) is 2. The molecule has 8 nitrogen and oxygen atoms in total. The molecule has 3 heterocycles. The van der Waals surface area contributed by atoms with Gasteiger partial charge in [0, 0.05) is 17.3 Å². The summed E-state index contributed by atoms with van der Waals surface area (Å²) in [6.07, 6.45) is 3.82. The van der Waals surface area contributed by atoms with Crippen molar-refractivity contribution in [1.82, 2.24) is 14.9 Å². The van der Waals surface area contributed by atoms with Gasteiger partial charge in [-0.15, -0.1) is 0 Å². The third-order valence-corrected chi connectivity index (χ3v) is 9.20. The average Bonchev–Trinajstić information content (AvgIpc) is 2.94. The van der Waals surface area contributed by atoms with Gasteiger partial charge in [-0.1, -0.05) is 35.3 Å². The first-order valence-electron chi connectivity index (χ1n) is 13.0. The monoisotopic (exact) mass is 600 g/mol. The first kappa shape index (κ1) is 28.4. The van der Waals surface area contributed by atoms with Crippen molar-refractivity contribution in [2.45, 2.75) is 31.3 Å². The zero-order valence-electron chi connectivity index (χ0n) is 22.2. The molecule has 2 aromatic heterocycles. The van der Waals surface area contributed by atoms with Crippen LogP contribution in [0.2, 0.25) is 10.0 Å². The number of nitrogens with one attached hydrogen (secondary N) is 1. The number of hydrogen-bond donors (Lipinski definition) is 1. The normalized spacial score (nSPS) is 14.8. The lowest BCUT2D eigenvalue weighted by atomic mass is 9.98. The van der Waals surface area contributed by atoms with Crippen molar-refractivity contribution in [2.75, 3.05) is 31.5 Å². The van der Waals surface area contributed by atoms with Gasteiger partial charge in [0.1, 0.15) is 12.4 Å². The highest BCUT2D eigenvalue weighted by Crippen LogP contribution is 2.32. The van der Waals surface area contributed by atoms with E-state index in [9.17, 15) is 8.42 Å². The van der Waals surface area contributed by atoms with Gasteiger partial charge in [-0.25, -0.2) is 13.4 Å². The van der Waals surface area contributed by atoms with Crippen LogP contribution in [0.15, 0.2) is 65.7 Å². The molecule has 0 saturated carbocycles. The van der Waals surface area contributed by atoms with E-state index < -0.39 is 10.0 Å². The van der Waals surface area contributed by atoms with E-state index in [0.29, 0.717) is 44.9 Å². The van der Waals surface area contributed by atoms with Gasteiger partial charge >= 0.3 is 0 Å². The summed E-state index contributed by atoms with van der Waals surface area (Å²) in [6, 6.07) is 15.3. The lowest BCUT2D eigenvalue weighted by Crippen LogP contribution is -2.32. The molecule has 40 heavy (non-hydrogen) atoms. The molecule has 1 saturated heterocycles. The van der Waals surface area contributed by atoms with Crippen molar-refractivity contribution < 1.29 is 17.9 Å². The number of fused-ring (bicyclic) bond motifs is 1. The highest BCUT2D eigenvalue weighted by atomic mass is 35.5. The van der Waals surface area contributed by atoms with Crippen molar-refractivity contribution in [3.05, 3.63) is 82.0 Å². The third-order valence-electron chi connectivity index (χ3n) is 6.99. The molecule has 0 unspecified atom stereocenters. The molecule has 1 aliphatic rings. The van der Waals surface area contributed by atoms with Crippen molar-refractivity contribution in [3.63, 3.8) is 0 Å². The first-order valence-corrected chi connectivity index (χ1v) is 15.2. The Bertz CT molecular complexity index is 1630. The van der Waals surface area contributed by atoms with E-state index in [1.807, 2.05) is 12.1 Å². The van der Waals surface area contributed by atoms with Crippen molar-refractivity contribution in [3.8, 4) is 11.5 Å². The van der Waals surface area contributed by atoms with Crippen LogP contribution in [-0.4, -0.2) is 50.0 Å².